The molecule has 0 aliphatic carbocycles. The Hall–Kier alpha value is -4.14. The molecule has 0 aromatic heterocycles. The number of imide groups is 1. The van der Waals surface area contributed by atoms with Gasteiger partial charge in [0.25, 0.3) is 23.2 Å². The summed E-state index contributed by atoms with van der Waals surface area (Å²) >= 11 is 0. The van der Waals surface area contributed by atoms with Crippen LogP contribution in [-0.4, -0.2) is 21.7 Å². The monoisotopic (exact) mass is 377 g/mol. The number of hydrogen-bond acceptors (Lipinski definition) is 6. The highest BCUT2D eigenvalue weighted by Crippen LogP contribution is 2.41. The Bertz CT molecular complexity index is 1170. The molecule has 9 heteroatoms. The highest BCUT2D eigenvalue weighted by atomic mass is 16.6. The highest BCUT2D eigenvalue weighted by Gasteiger charge is 2.38. The van der Waals surface area contributed by atoms with Crippen LogP contribution in [0.5, 0.6) is 0 Å². The third-order valence-electron chi connectivity index (χ3n) is 4.64. The molecule has 0 fully saturated rings. The molecule has 0 spiro atoms. The van der Waals surface area contributed by atoms with Crippen molar-refractivity contribution >= 4 is 39.6 Å². The van der Waals surface area contributed by atoms with Crippen LogP contribution in [0.1, 0.15) is 26.3 Å². The molecule has 0 atom stereocenters. The second-order valence-corrected chi connectivity index (χ2v) is 6.31. The van der Waals surface area contributed by atoms with Crippen LogP contribution in [0.25, 0.3) is 10.8 Å². The highest BCUT2D eigenvalue weighted by molar-refractivity contribution is 6.37. The second-order valence-electron chi connectivity index (χ2n) is 6.31. The molecular weight excluding hydrogens is 366 g/mol. The summed E-state index contributed by atoms with van der Waals surface area (Å²) in [6.07, 6.45) is 0. The minimum absolute atomic E-state index is 0.000376. The molecule has 28 heavy (non-hydrogen) atoms. The third kappa shape index (κ3) is 2.33. The van der Waals surface area contributed by atoms with Gasteiger partial charge >= 0.3 is 0 Å². The van der Waals surface area contributed by atoms with Crippen LogP contribution < -0.4 is 4.90 Å². The Labute approximate surface area is 157 Å². The quantitative estimate of drug-likeness (QED) is 0.389. The first-order valence-electron chi connectivity index (χ1n) is 8.15. The lowest BCUT2D eigenvalue weighted by molar-refractivity contribution is -0.390. The van der Waals surface area contributed by atoms with Gasteiger partial charge in [-0.15, -0.1) is 0 Å². The largest absolute Gasteiger partial charge is 0.284 e. The molecule has 3 aromatic rings. The molecule has 0 N–H and O–H groups in total. The van der Waals surface area contributed by atoms with Crippen molar-refractivity contribution in [3.05, 3.63) is 85.4 Å². The second kappa shape index (κ2) is 5.95. The fourth-order valence-corrected chi connectivity index (χ4v) is 3.46. The Balaban J connectivity index is 2.07. The zero-order valence-electron chi connectivity index (χ0n) is 14.4. The van der Waals surface area contributed by atoms with Crippen LogP contribution in [-0.2, 0) is 0 Å². The Morgan fingerprint density at radius 2 is 1.32 bits per heavy atom. The SMILES string of the molecule is Cc1cccc(N2C(=O)c3ccc([N+](=O)[O-])c4c([N+](=O)[O-])ccc(c34)C2=O)c1. The lowest BCUT2D eigenvalue weighted by atomic mass is 9.91. The summed E-state index contributed by atoms with van der Waals surface area (Å²) in [6.45, 7) is 1.81. The first-order valence-corrected chi connectivity index (χ1v) is 8.15. The van der Waals surface area contributed by atoms with Gasteiger partial charge in [0, 0.05) is 28.6 Å². The van der Waals surface area contributed by atoms with Crippen molar-refractivity contribution in [3.8, 4) is 0 Å². The van der Waals surface area contributed by atoms with E-state index in [-0.39, 0.29) is 21.9 Å². The van der Waals surface area contributed by atoms with Crippen LogP contribution in [0, 0.1) is 27.2 Å². The van der Waals surface area contributed by atoms with E-state index < -0.39 is 33.0 Å². The minimum Gasteiger partial charge on any atom is -0.268 e. The van der Waals surface area contributed by atoms with E-state index >= 15 is 0 Å². The van der Waals surface area contributed by atoms with E-state index in [1.165, 1.54) is 12.1 Å². The number of nitro groups is 2. The van der Waals surface area contributed by atoms with E-state index in [9.17, 15) is 29.8 Å². The van der Waals surface area contributed by atoms with Crippen molar-refractivity contribution < 1.29 is 19.4 Å². The number of rotatable bonds is 3. The fourth-order valence-electron chi connectivity index (χ4n) is 3.46. The van der Waals surface area contributed by atoms with Crippen molar-refractivity contribution in [3.63, 3.8) is 0 Å². The Morgan fingerprint density at radius 3 is 1.79 bits per heavy atom. The van der Waals surface area contributed by atoms with E-state index in [2.05, 4.69) is 0 Å². The van der Waals surface area contributed by atoms with Crippen LogP contribution >= 0.6 is 0 Å². The Morgan fingerprint density at radius 1 is 0.786 bits per heavy atom. The number of anilines is 1. The third-order valence-corrected chi connectivity index (χ3v) is 4.64. The molecule has 0 bridgehead atoms. The van der Waals surface area contributed by atoms with Gasteiger partial charge in [0.1, 0.15) is 5.39 Å². The van der Waals surface area contributed by atoms with Gasteiger partial charge in [-0.05, 0) is 36.8 Å². The molecule has 0 saturated carbocycles. The Kier molecular flexibility index (Phi) is 3.67. The average molecular weight is 377 g/mol. The molecule has 9 nitrogen and oxygen atoms in total. The van der Waals surface area contributed by atoms with Gasteiger partial charge in [0.15, 0.2) is 0 Å². The summed E-state index contributed by atoms with van der Waals surface area (Å²) in [5.41, 5.74) is 0.126. The molecule has 3 aromatic carbocycles. The van der Waals surface area contributed by atoms with Gasteiger partial charge in [-0.3, -0.25) is 29.8 Å². The minimum atomic E-state index is -0.766. The lowest BCUT2D eigenvalue weighted by Gasteiger charge is -2.27. The number of nitro benzene ring substituents is 2. The number of nitrogens with zero attached hydrogens (tertiary/aromatic N) is 3. The van der Waals surface area contributed by atoms with Gasteiger partial charge in [-0.1, -0.05) is 12.1 Å². The normalized spacial score (nSPS) is 13.1. The molecular formula is C19H11N3O6. The van der Waals surface area contributed by atoms with E-state index in [0.29, 0.717) is 5.69 Å². The van der Waals surface area contributed by atoms with E-state index in [1.807, 2.05) is 13.0 Å². The summed E-state index contributed by atoms with van der Waals surface area (Å²) in [5.74, 6) is -1.38. The molecule has 4 rings (SSSR count). The molecule has 1 aliphatic rings. The van der Waals surface area contributed by atoms with Crippen LogP contribution in [0.2, 0.25) is 0 Å². The number of non-ortho nitro benzene ring substituents is 2. The predicted octanol–water partition coefficient (Wildman–Crippen LogP) is 3.77. The zero-order chi connectivity index (χ0) is 20.2. The standard InChI is InChI=1S/C19H11N3O6/c1-10-3-2-4-11(9-10)20-18(23)12-5-7-14(21(25)26)17-15(22(27)28)8-6-13(16(12)17)19(20)24/h2-9H,1H3. The van der Waals surface area contributed by atoms with Gasteiger partial charge < -0.3 is 0 Å². The van der Waals surface area contributed by atoms with Crippen LogP contribution in [0.3, 0.4) is 0 Å². The fraction of sp³-hybridized carbons (Fsp3) is 0.0526. The van der Waals surface area contributed by atoms with Crippen LogP contribution in [0.4, 0.5) is 17.1 Å². The van der Waals surface area contributed by atoms with Crippen LogP contribution in [0.15, 0.2) is 48.5 Å². The number of carbonyl (C=O) groups excluding carboxylic acids is 2. The topological polar surface area (TPSA) is 124 Å². The maximum atomic E-state index is 13.1. The van der Waals surface area contributed by atoms with E-state index in [4.69, 9.17) is 0 Å². The summed E-state index contributed by atoms with van der Waals surface area (Å²) in [5, 5.41) is 22.4. The maximum Gasteiger partial charge on any atom is 0.284 e. The average Bonchev–Trinajstić information content (AvgIpc) is 2.65. The summed E-state index contributed by atoms with van der Waals surface area (Å²) in [6, 6.07) is 11.3. The number of benzene rings is 3. The van der Waals surface area contributed by atoms with Crippen molar-refractivity contribution in [2.45, 2.75) is 6.92 Å². The van der Waals surface area contributed by atoms with Crippen molar-refractivity contribution in [2.24, 2.45) is 0 Å². The molecule has 1 heterocycles. The van der Waals surface area contributed by atoms with Gasteiger partial charge in [0.05, 0.1) is 15.5 Å². The van der Waals surface area contributed by atoms with Gasteiger partial charge in [-0.2, -0.15) is 0 Å². The van der Waals surface area contributed by atoms with Crippen molar-refractivity contribution in [2.75, 3.05) is 4.90 Å². The number of hydrogen-bond donors (Lipinski definition) is 0. The van der Waals surface area contributed by atoms with Crippen molar-refractivity contribution in [1.82, 2.24) is 0 Å². The van der Waals surface area contributed by atoms with Gasteiger partial charge in [-0.25, -0.2) is 4.90 Å². The van der Waals surface area contributed by atoms with Crippen molar-refractivity contribution in [1.29, 1.82) is 0 Å². The lowest BCUT2D eigenvalue weighted by Crippen LogP contribution is -2.40. The molecule has 0 saturated heterocycles. The first kappa shape index (κ1) is 17.3. The maximum absolute atomic E-state index is 13.1. The van der Waals surface area contributed by atoms with Gasteiger partial charge in [0.2, 0.25) is 0 Å². The number of carbonyl (C=O) groups is 2. The van der Waals surface area contributed by atoms with E-state index in [1.54, 1.807) is 18.2 Å². The summed E-state index contributed by atoms with van der Waals surface area (Å²) in [4.78, 5) is 48.4. The number of aryl methyl sites for hydroxylation is 1. The molecule has 2 amide bonds. The smallest absolute Gasteiger partial charge is 0.268 e. The number of amides is 2. The summed E-state index contributed by atoms with van der Waals surface area (Å²) in [7, 11) is 0. The first-order chi connectivity index (χ1) is 13.3. The molecule has 0 unspecified atom stereocenters. The molecule has 1 aliphatic heterocycles. The zero-order valence-corrected chi connectivity index (χ0v) is 14.4. The van der Waals surface area contributed by atoms with E-state index in [0.717, 1.165) is 22.6 Å². The molecule has 0 radical (unpaired) electrons. The summed E-state index contributed by atoms with van der Waals surface area (Å²) < 4.78 is 0. The molecule has 138 valence electrons. The predicted molar refractivity (Wildman–Crippen MR) is 99.6 cm³/mol.